The maximum Gasteiger partial charge on any atom is 0.258 e. The minimum atomic E-state index is -0.590. The van der Waals surface area contributed by atoms with Crippen LogP contribution in [0.3, 0.4) is 0 Å². The standard InChI is InChI=1S/C37H46N6O2/c1-2-35(37(41)44)45-32-14-12-31(13-15-32)43-22-16-26(17-23-43)25-42-20-18-28(19-21-42)27-8-10-29(11-9-27)33(36(39)40)24-34(38)30-6-4-3-5-7-30/h3-15,24,26,28,35,38H,2,16-23,25H2,1H3,(H3,39,40)(H2,41,44)/b33-24-,38-34?. The van der Waals surface area contributed by atoms with Gasteiger partial charge in [-0.2, -0.15) is 0 Å². The van der Waals surface area contributed by atoms with Crippen LogP contribution >= 0.6 is 0 Å². The summed E-state index contributed by atoms with van der Waals surface area (Å²) in [5.74, 6) is 1.46. The molecule has 1 atom stereocenters. The van der Waals surface area contributed by atoms with Gasteiger partial charge in [-0.25, -0.2) is 0 Å². The molecular formula is C37H46N6O2. The Balaban J connectivity index is 1.08. The number of nitrogens with one attached hydrogen (secondary N) is 2. The van der Waals surface area contributed by atoms with Gasteiger partial charge in [0.15, 0.2) is 6.10 Å². The average Bonchev–Trinajstić information content (AvgIpc) is 3.07. The number of amides is 1. The second kappa shape index (κ2) is 15.0. The first-order valence-electron chi connectivity index (χ1n) is 16.1. The number of nitrogens with zero attached hydrogens (tertiary/aromatic N) is 2. The summed E-state index contributed by atoms with van der Waals surface area (Å²) in [5, 5.41) is 16.6. The topological polar surface area (TPSA) is 133 Å². The summed E-state index contributed by atoms with van der Waals surface area (Å²) >= 11 is 0. The Kier molecular flexibility index (Phi) is 10.7. The van der Waals surface area contributed by atoms with Crippen molar-refractivity contribution in [3.63, 3.8) is 0 Å². The molecule has 5 rings (SSSR count). The minimum Gasteiger partial charge on any atom is -0.481 e. The van der Waals surface area contributed by atoms with Gasteiger partial charge >= 0.3 is 0 Å². The zero-order chi connectivity index (χ0) is 31.8. The monoisotopic (exact) mass is 606 g/mol. The number of carbonyl (C=O) groups excluding carboxylic acids is 1. The second-order valence-electron chi connectivity index (χ2n) is 12.3. The van der Waals surface area contributed by atoms with Gasteiger partial charge in [-0.1, -0.05) is 61.5 Å². The molecule has 1 unspecified atom stereocenters. The van der Waals surface area contributed by atoms with E-state index in [4.69, 9.17) is 27.0 Å². The molecule has 0 spiro atoms. The van der Waals surface area contributed by atoms with Crippen LogP contribution in [-0.2, 0) is 4.79 Å². The fraction of sp³-hybridized carbons (Fsp3) is 0.378. The Labute approximate surface area is 267 Å². The quantitative estimate of drug-likeness (QED) is 0.153. The molecule has 2 heterocycles. The molecule has 2 saturated heterocycles. The predicted molar refractivity (Wildman–Crippen MR) is 183 cm³/mol. The van der Waals surface area contributed by atoms with E-state index in [0.717, 1.165) is 56.7 Å². The highest BCUT2D eigenvalue weighted by Gasteiger charge is 2.26. The van der Waals surface area contributed by atoms with Crippen LogP contribution in [0.2, 0.25) is 0 Å². The number of carbonyl (C=O) groups is 1. The van der Waals surface area contributed by atoms with E-state index < -0.39 is 12.0 Å². The first kappa shape index (κ1) is 32.0. The average molecular weight is 607 g/mol. The van der Waals surface area contributed by atoms with Crippen molar-refractivity contribution in [2.75, 3.05) is 37.6 Å². The molecule has 8 nitrogen and oxygen atoms in total. The number of allylic oxidation sites excluding steroid dienone is 1. The van der Waals surface area contributed by atoms with Gasteiger partial charge in [0, 0.05) is 30.9 Å². The summed E-state index contributed by atoms with van der Waals surface area (Å²) in [5.41, 5.74) is 16.5. The van der Waals surface area contributed by atoms with Crippen molar-refractivity contribution >= 4 is 28.7 Å². The molecule has 2 aliphatic heterocycles. The van der Waals surface area contributed by atoms with Crippen molar-refractivity contribution in [1.82, 2.24) is 4.90 Å². The SMILES string of the molecule is CCC(Oc1ccc(N2CCC(CN3CCC(c4ccc(/C(=C/C(=N)c5ccccc5)C(=N)N)cc4)CC3)CC2)cc1)C(N)=O. The largest absolute Gasteiger partial charge is 0.481 e. The smallest absolute Gasteiger partial charge is 0.258 e. The molecule has 0 aliphatic carbocycles. The molecule has 1 amide bonds. The van der Waals surface area contributed by atoms with Gasteiger partial charge in [0.1, 0.15) is 11.6 Å². The number of primary amides is 1. The van der Waals surface area contributed by atoms with Crippen LogP contribution in [0.25, 0.3) is 5.57 Å². The molecule has 3 aromatic rings. The fourth-order valence-corrected chi connectivity index (χ4v) is 6.53. The van der Waals surface area contributed by atoms with Crippen molar-refractivity contribution in [3.05, 3.63) is 102 Å². The minimum absolute atomic E-state index is 0.0303. The Morgan fingerprint density at radius 2 is 1.51 bits per heavy atom. The van der Waals surface area contributed by atoms with Crippen LogP contribution in [0.5, 0.6) is 5.75 Å². The maximum atomic E-state index is 11.5. The molecule has 2 fully saturated rings. The highest BCUT2D eigenvalue weighted by atomic mass is 16.5. The lowest BCUT2D eigenvalue weighted by molar-refractivity contribution is -0.124. The molecule has 0 saturated carbocycles. The summed E-state index contributed by atoms with van der Waals surface area (Å²) < 4.78 is 5.73. The van der Waals surface area contributed by atoms with Crippen molar-refractivity contribution in [2.45, 2.75) is 51.0 Å². The molecule has 3 aromatic carbocycles. The van der Waals surface area contributed by atoms with Crippen molar-refractivity contribution in [3.8, 4) is 5.75 Å². The van der Waals surface area contributed by atoms with E-state index in [-0.39, 0.29) is 5.84 Å². The number of amidine groups is 1. The van der Waals surface area contributed by atoms with Gasteiger partial charge in [-0.15, -0.1) is 0 Å². The number of hydrogen-bond acceptors (Lipinski definition) is 6. The zero-order valence-corrected chi connectivity index (χ0v) is 26.3. The van der Waals surface area contributed by atoms with E-state index in [2.05, 4.69) is 34.1 Å². The van der Waals surface area contributed by atoms with Crippen molar-refractivity contribution in [2.24, 2.45) is 17.4 Å². The van der Waals surface area contributed by atoms with Crippen LogP contribution in [-0.4, -0.2) is 61.2 Å². The van der Waals surface area contributed by atoms with Gasteiger partial charge in [-0.05, 0) is 104 Å². The molecule has 2 aliphatic rings. The lowest BCUT2D eigenvalue weighted by atomic mass is 9.87. The Hall–Kier alpha value is -4.43. The number of benzene rings is 3. The number of rotatable bonds is 12. The summed E-state index contributed by atoms with van der Waals surface area (Å²) in [6.07, 6.45) is 6.33. The summed E-state index contributed by atoms with van der Waals surface area (Å²) in [6.45, 7) is 7.39. The van der Waals surface area contributed by atoms with Crippen LogP contribution < -0.4 is 21.1 Å². The fourth-order valence-electron chi connectivity index (χ4n) is 6.53. The Morgan fingerprint density at radius 3 is 2.09 bits per heavy atom. The molecule has 236 valence electrons. The van der Waals surface area contributed by atoms with Crippen molar-refractivity contribution in [1.29, 1.82) is 10.8 Å². The van der Waals surface area contributed by atoms with E-state index >= 15 is 0 Å². The first-order valence-corrected chi connectivity index (χ1v) is 16.1. The van der Waals surface area contributed by atoms with Gasteiger partial charge in [0.05, 0.1) is 5.71 Å². The summed E-state index contributed by atoms with van der Waals surface area (Å²) in [6, 6.07) is 26.0. The highest BCUT2D eigenvalue weighted by molar-refractivity contribution is 6.26. The lowest BCUT2D eigenvalue weighted by Crippen LogP contribution is -2.41. The molecule has 0 aromatic heterocycles. The van der Waals surface area contributed by atoms with E-state index in [1.54, 1.807) is 6.08 Å². The van der Waals surface area contributed by atoms with Crippen LogP contribution in [0.15, 0.2) is 84.9 Å². The van der Waals surface area contributed by atoms with Gasteiger partial charge in [-0.3, -0.25) is 10.2 Å². The highest BCUT2D eigenvalue weighted by Crippen LogP contribution is 2.31. The normalized spacial score (nSPS) is 17.5. The van der Waals surface area contributed by atoms with Crippen LogP contribution in [0, 0.1) is 16.7 Å². The van der Waals surface area contributed by atoms with E-state index in [0.29, 0.717) is 35.3 Å². The summed E-state index contributed by atoms with van der Waals surface area (Å²) in [4.78, 5) is 16.6. The Bertz CT molecular complexity index is 1470. The molecule has 45 heavy (non-hydrogen) atoms. The van der Waals surface area contributed by atoms with Crippen LogP contribution in [0.1, 0.15) is 61.6 Å². The molecule has 6 N–H and O–H groups in total. The predicted octanol–water partition coefficient (Wildman–Crippen LogP) is 5.81. The molecule has 0 radical (unpaired) electrons. The lowest BCUT2D eigenvalue weighted by Gasteiger charge is -2.38. The molecular weight excluding hydrogens is 560 g/mol. The maximum absolute atomic E-state index is 11.5. The van der Waals surface area contributed by atoms with Crippen LogP contribution in [0.4, 0.5) is 5.69 Å². The molecule has 8 heteroatoms. The first-order chi connectivity index (χ1) is 21.8. The van der Waals surface area contributed by atoms with Gasteiger partial charge < -0.3 is 31.4 Å². The molecule has 0 bridgehead atoms. The van der Waals surface area contributed by atoms with E-state index in [1.165, 1.54) is 24.1 Å². The third kappa shape index (κ3) is 8.39. The number of ether oxygens (including phenoxy) is 1. The number of anilines is 1. The second-order valence-corrected chi connectivity index (χ2v) is 12.3. The number of hydrogen-bond donors (Lipinski definition) is 4. The van der Waals surface area contributed by atoms with Crippen molar-refractivity contribution < 1.29 is 9.53 Å². The van der Waals surface area contributed by atoms with E-state index in [9.17, 15) is 4.79 Å². The number of piperidine rings is 2. The number of nitrogens with two attached hydrogens (primary N) is 2. The van der Waals surface area contributed by atoms with E-state index in [1.807, 2.05) is 61.5 Å². The van der Waals surface area contributed by atoms with Gasteiger partial charge in [0.2, 0.25) is 0 Å². The third-order valence-corrected chi connectivity index (χ3v) is 9.24. The number of likely N-dealkylation sites (tertiary alicyclic amines) is 1. The zero-order valence-electron chi connectivity index (χ0n) is 26.3. The van der Waals surface area contributed by atoms with Gasteiger partial charge in [0.25, 0.3) is 5.91 Å². The Morgan fingerprint density at radius 1 is 0.867 bits per heavy atom. The summed E-state index contributed by atoms with van der Waals surface area (Å²) in [7, 11) is 0. The third-order valence-electron chi connectivity index (χ3n) is 9.24.